The lowest BCUT2D eigenvalue weighted by Gasteiger charge is -2.09. The molecule has 0 radical (unpaired) electrons. The first-order valence-corrected chi connectivity index (χ1v) is 6.75. The molecule has 0 spiro atoms. The van der Waals surface area contributed by atoms with Gasteiger partial charge in [-0.2, -0.15) is 0 Å². The van der Waals surface area contributed by atoms with Crippen LogP contribution in [0.3, 0.4) is 0 Å². The number of rotatable bonds is 3. The van der Waals surface area contributed by atoms with E-state index in [9.17, 15) is 4.79 Å². The molecule has 1 aromatic heterocycles. The zero-order valence-corrected chi connectivity index (χ0v) is 12.7. The number of hydrogen-bond acceptors (Lipinski definition) is 4. The van der Waals surface area contributed by atoms with E-state index in [1.54, 1.807) is 30.5 Å². The fourth-order valence-electron chi connectivity index (χ4n) is 1.57. The number of anilines is 1. The van der Waals surface area contributed by atoms with Crippen molar-refractivity contribution in [3.63, 3.8) is 0 Å². The summed E-state index contributed by atoms with van der Waals surface area (Å²) in [6.07, 6.45) is 1.62. The van der Waals surface area contributed by atoms with E-state index in [1.807, 2.05) is 6.07 Å². The van der Waals surface area contributed by atoms with Crippen LogP contribution in [-0.2, 0) is 0 Å². The number of ether oxygens (including phenoxy) is 1. The number of halogens is 1. The van der Waals surface area contributed by atoms with Gasteiger partial charge in [0.15, 0.2) is 5.11 Å². The van der Waals surface area contributed by atoms with Crippen molar-refractivity contribution in [3.05, 3.63) is 53.2 Å². The normalized spacial score (nSPS) is 9.81. The standard InChI is InChI=1S/C14H12ClN3O2S/c1-20-11-6-5-9(8-10(11)15)13(19)18-14(21)17-12-4-2-3-7-16-12/h2-8H,1H3,(H2,16,17,18,19,21). The molecule has 0 unspecified atom stereocenters. The molecule has 0 atom stereocenters. The Morgan fingerprint density at radius 1 is 1.33 bits per heavy atom. The molecule has 108 valence electrons. The predicted molar refractivity (Wildman–Crippen MR) is 85.9 cm³/mol. The molecule has 2 aromatic rings. The van der Waals surface area contributed by atoms with Gasteiger partial charge in [0.25, 0.3) is 5.91 Å². The van der Waals surface area contributed by atoms with E-state index in [0.717, 1.165) is 0 Å². The van der Waals surface area contributed by atoms with Gasteiger partial charge in [0.1, 0.15) is 11.6 Å². The molecule has 1 aromatic carbocycles. The van der Waals surface area contributed by atoms with Gasteiger partial charge in [0.2, 0.25) is 0 Å². The van der Waals surface area contributed by atoms with Crippen LogP contribution in [0.15, 0.2) is 42.6 Å². The van der Waals surface area contributed by atoms with Gasteiger partial charge in [-0.25, -0.2) is 4.98 Å². The number of benzene rings is 1. The summed E-state index contributed by atoms with van der Waals surface area (Å²) >= 11 is 11.0. The van der Waals surface area contributed by atoms with E-state index in [0.29, 0.717) is 22.2 Å². The molecule has 2 rings (SSSR count). The number of pyridine rings is 1. The second-order valence-corrected chi connectivity index (χ2v) is 4.79. The highest BCUT2D eigenvalue weighted by atomic mass is 35.5. The number of thiocarbonyl (C=S) groups is 1. The summed E-state index contributed by atoms with van der Waals surface area (Å²) in [5, 5.41) is 5.88. The van der Waals surface area contributed by atoms with E-state index in [2.05, 4.69) is 15.6 Å². The van der Waals surface area contributed by atoms with Crippen molar-refractivity contribution in [3.8, 4) is 5.75 Å². The van der Waals surface area contributed by atoms with E-state index < -0.39 is 0 Å². The molecule has 0 saturated carbocycles. The Morgan fingerprint density at radius 3 is 2.76 bits per heavy atom. The van der Waals surface area contributed by atoms with Crippen LogP contribution in [0.5, 0.6) is 5.75 Å². The van der Waals surface area contributed by atoms with Crippen LogP contribution in [0.25, 0.3) is 0 Å². The summed E-state index contributed by atoms with van der Waals surface area (Å²) in [5.74, 6) is 0.686. The molecule has 1 heterocycles. The van der Waals surface area contributed by atoms with Crippen molar-refractivity contribution >= 4 is 40.7 Å². The third-order valence-corrected chi connectivity index (χ3v) is 3.05. The Kier molecular flexibility index (Phi) is 5.08. The number of nitrogens with zero attached hydrogens (tertiary/aromatic N) is 1. The molecule has 7 heteroatoms. The second kappa shape index (κ2) is 7.01. The Bertz CT molecular complexity index is 665. The van der Waals surface area contributed by atoms with Crippen LogP contribution in [0.1, 0.15) is 10.4 Å². The molecule has 0 saturated heterocycles. The van der Waals surface area contributed by atoms with Gasteiger partial charge in [0, 0.05) is 11.8 Å². The van der Waals surface area contributed by atoms with Gasteiger partial charge in [-0.15, -0.1) is 0 Å². The summed E-state index contributed by atoms with van der Waals surface area (Å²) < 4.78 is 5.03. The van der Waals surface area contributed by atoms with Gasteiger partial charge >= 0.3 is 0 Å². The lowest BCUT2D eigenvalue weighted by Crippen LogP contribution is -2.34. The first-order chi connectivity index (χ1) is 10.1. The van der Waals surface area contributed by atoms with Crippen LogP contribution < -0.4 is 15.4 Å². The average molecular weight is 322 g/mol. The number of carbonyl (C=O) groups is 1. The van der Waals surface area contributed by atoms with Gasteiger partial charge in [-0.05, 0) is 42.5 Å². The highest BCUT2D eigenvalue weighted by Gasteiger charge is 2.10. The summed E-state index contributed by atoms with van der Waals surface area (Å²) in [6, 6.07) is 10.1. The Labute approximate surface area is 132 Å². The Balaban J connectivity index is 2.01. The number of methoxy groups -OCH3 is 1. The van der Waals surface area contributed by atoms with Crippen molar-refractivity contribution in [2.24, 2.45) is 0 Å². The average Bonchev–Trinajstić information content (AvgIpc) is 2.48. The van der Waals surface area contributed by atoms with Crippen LogP contribution in [0.4, 0.5) is 5.82 Å². The molecule has 0 fully saturated rings. The van der Waals surface area contributed by atoms with E-state index >= 15 is 0 Å². The van der Waals surface area contributed by atoms with Crippen LogP contribution in [0.2, 0.25) is 5.02 Å². The van der Waals surface area contributed by atoms with Crippen molar-refractivity contribution in [2.75, 3.05) is 12.4 Å². The molecule has 2 N–H and O–H groups in total. The first-order valence-electron chi connectivity index (χ1n) is 5.97. The molecule has 0 aliphatic carbocycles. The molecule has 0 aliphatic heterocycles. The van der Waals surface area contributed by atoms with Gasteiger partial charge < -0.3 is 10.1 Å². The first kappa shape index (κ1) is 15.2. The summed E-state index contributed by atoms with van der Waals surface area (Å²) in [6.45, 7) is 0. The molecular weight excluding hydrogens is 310 g/mol. The lowest BCUT2D eigenvalue weighted by atomic mass is 10.2. The summed E-state index contributed by atoms with van der Waals surface area (Å²) in [7, 11) is 1.51. The second-order valence-electron chi connectivity index (χ2n) is 3.97. The highest BCUT2D eigenvalue weighted by molar-refractivity contribution is 7.80. The highest BCUT2D eigenvalue weighted by Crippen LogP contribution is 2.24. The van der Waals surface area contributed by atoms with Crippen molar-refractivity contribution < 1.29 is 9.53 Å². The minimum atomic E-state index is -0.368. The maximum absolute atomic E-state index is 12.0. The molecule has 0 aliphatic rings. The molecule has 1 amide bonds. The van der Waals surface area contributed by atoms with E-state index in [1.165, 1.54) is 13.2 Å². The topological polar surface area (TPSA) is 63.2 Å². The van der Waals surface area contributed by atoms with Gasteiger partial charge in [-0.1, -0.05) is 17.7 Å². The molecule has 5 nitrogen and oxygen atoms in total. The van der Waals surface area contributed by atoms with E-state index in [4.69, 9.17) is 28.6 Å². The van der Waals surface area contributed by atoms with Crippen LogP contribution in [-0.4, -0.2) is 23.1 Å². The number of carbonyl (C=O) groups excluding carboxylic acids is 1. The van der Waals surface area contributed by atoms with Gasteiger partial charge in [-0.3, -0.25) is 10.1 Å². The maximum Gasteiger partial charge on any atom is 0.257 e. The minimum absolute atomic E-state index is 0.158. The minimum Gasteiger partial charge on any atom is -0.495 e. The largest absolute Gasteiger partial charge is 0.495 e. The number of amides is 1. The van der Waals surface area contributed by atoms with Crippen molar-refractivity contribution in [2.45, 2.75) is 0 Å². The monoisotopic (exact) mass is 321 g/mol. The number of nitrogens with one attached hydrogen (secondary N) is 2. The fourth-order valence-corrected chi connectivity index (χ4v) is 2.02. The van der Waals surface area contributed by atoms with Crippen LogP contribution in [0, 0.1) is 0 Å². The van der Waals surface area contributed by atoms with Crippen molar-refractivity contribution in [1.29, 1.82) is 0 Å². The Hall–Kier alpha value is -2.18. The fraction of sp³-hybridized carbons (Fsp3) is 0.0714. The maximum atomic E-state index is 12.0. The zero-order valence-electron chi connectivity index (χ0n) is 11.1. The van der Waals surface area contributed by atoms with E-state index in [-0.39, 0.29) is 11.0 Å². The number of hydrogen-bond donors (Lipinski definition) is 2. The predicted octanol–water partition coefficient (Wildman–Crippen LogP) is 2.87. The Morgan fingerprint density at radius 2 is 2.14 bits per heavy atom. The smallest absolute Gasteiger partial charge is 0.257 e. The number of aromatic nitrogens is 1. The third kappa shape index (κ3) is 4.14. The molecular formula is C14H12ClN3O2S. The molecule has 21 heavy (non-hydrogen) atoms. The van der Waals surface area contributed by atoms with Crippen molar-refractivity contribution in [1.82, 2.24) is 10.3 Å². The summed E-state index contributed by atoms with van der Waals surface area (Å²) in [5.41, 5.74) is 0.381. The summed E-state index contributed by atoms with van der Waals surface area (Å²) in [4.78, 5) is 16.1. The van der Waals surface area contributed by atoms with Gasteiger partial charge in [0.05, 0.1) is 12.1 Å². The lowest BCUT2D eigenvalue weighted by molar-refractivity contribution is 0.0977. The van der Waals surface area contributed by atoms with Crippen LogP contribution >= 0.6 is 23.8 Å². The quantitative estimate of drug-likeness (QED) is 0.851. The SMILES string of the molecule is COc1ccc(C(=O)NC(=S)Nc2ccccn2)cc1Cl. The zero-order chi connectivity index (χ0) is 15.2. The third-order valence-electron chi connectivity index (χ3n) is 2.55. The molecule has 0 bridgehead atoms.